The number of aliphatic hydroxyl groups is 1. The number of hydrogen-bond donors (Lipinski definition) is 2. The molecule has 4 nitrogen and oxygen atoms in total. The first-order valence-corrected chi connectivity index (χ1v) is 10.9. The van der Waals surface area contributed by atoms with E-state index in [2.05, 4.69) is 10.2 Å². The first-order chi connectivity index (χ1) is 13.1. The Hall–Kier alpha value is -1.39. The van der Waals surface area contributed by atoms with E-state index in [1.165, 1.54) is 19.3 Å². The predicted molar refractivity (Wildman–Crippen MR) is 105 cm³/mol. The summed E-state index contributed by atoms with van der Waals surface area (Å²) in [7, 11) is 0. The fourth-order valence-corrected chi connectivity index (χ4v) is 6.87. The fourth-order valence-electron chi connectivity index (χ4n) is 6.87. The molecule has 1 aromatic carbocycles. The second-order valence-corrected chi connectivity index (χ2v) is 9.84. The number of aliphatic hydroxyl groups excluding tert-OH is 1. The molecule has 5 aliphatic rings. The van der Waals surface area contributed by atoms with Gasteiger partial charge in [-0.2, -0.15) is 0 Å². The van der Waals surface area contributed by atoms with Crippen LogP contribution in [0.1, 0.15) is 56.6 Å². The highest BCUT2D eigenvalue weighted by Crippen LogP contribution is 2.60. The average Bonchev–Trinajstić information content (AvgIpc) is 3.08. The Morgan fingerprint density at radius 3 is 2.37 bits per heavy atom. The molecule has 4 heteroatoms. The minimum absolute atomic E-state index is 0.0499. The summed E-state index contributed by atoms with van der Waals surface area (Å²) in [5.41, 5.74) is 0.921. The molecule has 1 amide bonds. The van der Waals surface area contributed by atoms with Crippen molar-refractivity contribution in [3.8, 4) is 0 Å². The molecular formula is C23H32N2O2. The van der Waals surface area contributed by atoms with E-state index in [9.17, 15) is 9.90 Å². The van der Waals surface area contributed by atoms with E-state index in [-0.39, 0.29) is 11.5 Å². The zero-order valence-corrected chi connectivity index (χ0v) is 16.1. The number of β-amino-alcohol motifs (C(OH)–C–C–N with tert-alkyl or cyclic N) is 1. The SMILES string of the molecule is O=C(N[C@H]1CCN(C[C@H](O)c2ccccc2)C1)C12CC3CC(CC(C3)C1)C2. The summed E-state index contributed by atoms with van der Waals surface area (Å²) in [4.78, 5) is 15.5. The number of rotatable bonds is 5. The molecule has 1 aromatic rings. The van der Waals surface area contributed by atoms with E-state index in [0.717, 1.165) is 62.1 Å². The van der Waals surface area contributed by atoms with Gasteiger partial charge in [-0.25, -0.2) is 0 Å². The molecule has 4 bridgehead atoms. The van der Waals surface area contributed by atoms with Crippen molar-refractivity contribution >= 4 is 5.91 Å². The van der Waals surface area contributed by atoms with Crippen LogP contribution >= 0.6 is 0 Å². The van der Waals surface area contributed by atoms with Crippen molar-refractivity contribution in [1.82, 2.24) is 10.2 Å². The molecule has 2 atom stereocenters. The summed E-state index contributed by atoms with van der Waals surface area (Å²) in [5.74, 6) is 2.77. The van der Waals surface area contributed by atoms with Crippen molar-refractivity contribution in [3.05, 3.63) is 35.9 Å². The van der Waals surface area contributed by atoms with Gasteiger partial charge in [0.2, 0.25) is 5.91 Å². The van der Waals surface area contributed by atoms with E-state index in [1.807, 2.05) is 30.3 Å². The molecule has 2 N–H and O–H groups in total. The summed E-state index contributed by atoms with van der Waals surface area (Å²) in [6.07, 6.45) is 8.07. The second kappa shape index (κ2) is 6.89. The van der Waals surface area contributed by atoms with Crippen LogP contribution in [0.4, 0.5) is 0 Å². The van der Waals surface area contributed by atoms with Crippen molar-refractivity contribution in [1.29, 1.82) is 0 Å². The summed E-state index contributed by atoms with van der Waals surface area (Å²) in [6.45, 7) is 2.46. The van der Waals surface area contributed by atoms with Crippen LogP contribution in [0.2, 0.25) is 0 Å². The van der Waals surface area contributed by atoms with Crippen LogP contribution in [0.15, 0.2) is 30.3 Å². The molecule has 146 valence electrons. The maximum atomic E-state index is 13.2. The van der Waals surface area contributed by atoms with Crippen molar-refractivity contribution in [3.63, 3.8) is 0 Å². The number of nitrogens with zero attached hydrogens (tertiary/aromatic N) is 1. The lowest BCUT2D eigenvalue weighted by molar-refractivity contribution is -0.146. The molecule has 0 radical (unpaired) electrons. The third-order valence-electron chi connectivity index (χ3n) is 7.74. The summed E-state index contributed by atoms with van der Waals surface area (Å²) < 4.78 is 0. The molecule has 1 saturated heterocycles. The van der Waals surface area contributed by atoms with Gasteiger partial charge >= 0.3 is 0 Å². The highest BCUT2D eigenvalue weighted by Gasteiger charge is 2.54. The number of nitrogens with one attached hydrogen (secondary N) is 1. The van der Waals surface area contributed by atoms with Crippen LogP contribution in [0.5, 0.6) is 0 Å². The Bertz CT molecular complexity index is 654. The highest BCUT2D eigenvalue weighted by atomic mass is 16.3. The smallest absolute Gasteiger partial charge is 0.226 e. The standard InChI is InChI=1S/C23H32N2O2/c26-21(19-4-2-1-3-5-19)15-25-7-6-20(14-25)24-22(27)23-11-16-8-17(12-23)10-18(9-16)13-23/h1-5,16-18,20-21,26H,6-15H2,(H,24,27)/t16?,17?,18?,20-,21-,23?/m0/s1. The Morgan fingerprint density at radius 1 is 1.11 bits per heavy atom. The van der Waals surface area contributed by atoms with Gasteiger partial charge < -0.3 is 10.4 Å². The van der Waals surface area contributed by atoms with E-state index in [1.54, 1.807) is 0 Å². The third kappa shape index (κ3) is 3.42. The maximum Gasteiger partial charge on any atom is 0.226 e. The molecule has 0 spiro atoms. The molecule has 6 rings (SSSR count). The molecule has 0 aromatic heterocycles. The number of amides is 1. The molecule has 4 aliphatic carbocycles. The number of hydrogen-bond acceptors (Lipinski definition) is 3. The van der Waals surface area contributed by atoms with Gasteiger partial charge in [0.1, 0.15) is 0 Å². The zero-order chi connectivity index (χ0) is 18.4. The third-order valence-corrected chi connectivity index (χ3v) is 7.74. The number of benzene rings is 1. The number of carbonyl (C=O) groups excluding carboxylic acids is 1. The number of likely N-dealkylation sites (tertiary alicyclic amines) is 1. The van der Waals surface area contributed by atoms with Crippen LogP contribution in [-0.4, -0.2) is 41.6 Å². The van der Waals surface area contributed by atoms with Crippen molar-refractivity contribution < 1.29 is 9.90 Å². The molecular weight excluding hydrogens is 336 g/mol. The lowest BCUT2D eigenvalue weighted by Gasteiger charge is -2.55. The molecule has 5 fully saturated rings. The number of carbonyl (C=O) groups is 1. The largest absolute Gasteiger partial charge is 0.387 e. The Labute approximate surface area is 162 Å². The van der Waals surface area contributed by atoms with Crippen LogP contribution in [0, 0.1) is 23.2 Å². The fraction of sp³-hybridized carbons (Fsp3) is 0.696. The van der Waals surface area contributed by atoms with Gasteiger partial charge in [-0.1, -0.05) is 30.3 Å². The second-order valence-electron chi connectivity index (χ2n) is 9.84. The average molecular weight is 369 g/mol. The van der Waals surface area contributed by atoms with Gasteiger partial charge in [0.05, 0.1) is 6.10 Å². The van der Waals surface area contributed by atoms with Crippen molar-refractivity contribution in [2.24, 2.45) is 23.2 Å². The first kappa shape index (κ1) is 17.7. The zero-order valence-electron chi connectivity index (χ0n) is 16.1. The topological polar surface area (TPSA) is 52.6 Å². The highest BCUT2D eigenvalue weighted by molar-refractivity contribution is 5.83. The minimum atomic E-state index is -0.455. The lowest BCUT2D eigenvalue weighted by atomic mass is 9.49. The lowest BCUT2D eigenvalue weighted by Crippen LogP contribution is -2.55. The Balaban J connectivity index is 1.16. The summed E-state index contributed by atoms with van der Waals surface area (Å²) in [6, 6.07) is 10.1. The van der Waals surface area contributed by atoms with Gasteiger partial charge in [0, 0.05) is 31.1 Å². The van der Waals surface area contributed by atoms with Gasteiger partial charge in [-0.05, 0) is 68.3 Å². The Kier molecular flexibility index (Phi) is 4.52. The van der Waals surface area contributed by atoms with Crippen LogP contribution < -0.4 is 5.32 Å². The van der Waals surface area contributed by atoms with E-state index < -0.39 is 6.10 Å². The summed E-state index contributed by atoms with van der Waals surface area (Å²) in [5, 5.41) is 13.9. The van der Waals surface area contributed by atoms with Crippen molar-refractivity contribution in [2.75, 3.05) is 19.6 Å². The maximum absolute atomic E-state index is 13.2. The summed E-state index contributed by atoms with van der Waals surface area (Å²) >= 11 is 0. The van der Waals surface area contributed by atoms with Crippen molar-refractivity contribution in [2.45, 2.75) is 57.1 Å². The Morgan fingerprint density at radius 2 is 1.74 bits per heavy atom. The molecule has 4 saturated carbocycles. The first-order valence-electron chi connectivity index (χ1n) is 10.9. The van der Waals surface area contributed by atoms with Gasteiger partial charge in [0.25, 0.3) is 0 Å². The molecule has 1 heterocycles. The quantitative estimate of drug-likeness (QED) is 0.840. The van der Waals surface area contributed by atoms with Gasteiger partial charge in [0.15, 0.2) is 0 Å². The van der Waals surface area contributed by atoms with Gasteiger partial charge in [-0.15, -0.1) is 0 Å². The normalized spacial score (nSPS) is 38.9. The van der Waals surface area contributed by atoms with E-state index >= 15 is 0 Å². The molecule has 1 aliphatic heterocycles. The van der Waals surface area contributed by atoms with Crippen LogP contribution in [0.3, 0.4) is 0 Å². The van der Waals surface area contributed by atoms with Crippen LogP contribution in [-0.2, 0) is 4.79 Å². The molecule has 27 heavy (non-hydrogen) atoms. The van der Waals surface area contributed by atoms with E-state index in [0.29, 0.717) is 12.5 Å². The monoisotopic (exact) mass is 368 g/mol. The van der Waals surface area contributed by atoms with E-state index in [4.69, 9.17) is 0 Å². The van der Waals surface area contributed by atoms with Gasteiger partial charge in [-0.3, -0.25) is 9.69 Å². The predicted octanol–water partition coefficient (Wildman–Crippen LogP) is 3.13. The molecule has 0 unspecified atom stereocenters. The minimum Gasteiger partial charge on any atom is -0.387 e. The van der Waals surface area contributed by atoms with Crippen LogP contribution in [0.25, 0.3) is 0 Å².